The molecule has 0 fully saturated rings. The van der Waals surface area contributed by atoms with Crippen LogP contribution >= 0.6 is 0 Å². The molecule has 2 aromatic rings. The summed E-state index contributed by atoms with van der Waals surface area (Å²) in [6.45, 7) is 1.94. The zero-order valence-corrected chi connectivity index (χ0v) is 11.5. The highest BCUT2D eigenvalue weighted by atomic mass is 16.5. The summed E-state index contributed by atoms with van der Waals surface area (Å²) in [4.78, 5) is 8.82. The fourth-order valence-electron chi connectivity index (χ4n) is 1.83. The molecule has 0 atom stereocenters. The second-order valence-corrected chi connectivity index (χ2v) is 4.01. The average molecular weight is 259 g/mol. The van der Waals surface area contributed by atoms with Crippen LogP contribution in [0.25, 0.3) is 11.4 Å². The van der Waals surface area contributed by atoms with Crippen LogP contribution in [0.2, 0.25) is 0 Å². The minimum Gasteiger partial charge on any atom is -0.493 e. The first kappa shape index (κ1) is 13.1. The van der Waals surface area contributed by atoms with Crippen LogP contribution in [-0.2, 0) is 0 Å². The number of hydrogen-bond acceptors (Lipinski definition) is 5. The molecule has 0 saturated carbocycles. The average Bonchev–Trinajstić information content (AvgIpc) is 2.46. The van der Waals surface area contributed by atoms with Gasteiger partial charge in [0.2, 0.25) is 0 Å². The smallest absolute Gasteiger partial charge is 0.161 e. The molecule has 19 heavy (non-hydrogen) atoms. The summed E-state index contributed by atoms with van der Waals surface area (Å²) in [6, 6.07) is 5.63. The van der Waals surface area contributed by atoms with Crippen molar-refractivity contribution in [1.82, 2.24) is 9.97 Å². The summed E-state index contributed by atoms with van der Waals surface area (Å²) in [6.07, 6.45) is 1.77. The van der Waals surface area contributed by atoms with Crippen molar-refractivity contribution < 1.29 is 9.47 Å². The fraction of sp³-hybridized carbons (Fsp3) is 0.286. The molecule has 0 spiro atoms. The van der Waals surface area contributed by atoms with Crippen LogP contribution in [0.5, 0.6) is 11.5 Å². The third-order valence-corrected chi connectivity index (χ3v) is 2.89. The van der Waals surface area contributed by atoms with E-state index in [2.05, 4.69) is 15.3 Å². The Labute approximate surface area is 112 Å². The molecule has 0 aliphatic heterocycles. The van der Waals surface area contributed by atoms with Gasteiger partial charge < -0.3 is 14.8 Å². The number of ether oxygens (including phenoxy) is 2. The van der Waals surface area contributed by atoms with Crippen molar-refractivity contribution in [3.05, 3.63) is 30.1 Å². The fourth-order valence-corrected chi connectivity index (χ4v) is 1.83. The molecule has 1 aromatic carbocycles. The van der Waals surface area contributed by atoms with Gasteiger partial charge in [0.1, 0.15) is 0 Å². The number of methoxy groups -OCH3 is 2. The molecule has 0 aliphatic carbocycles. The Morgan fingerprint density at radius 3 is 2.42 bits per heavy atom. The number of anilines is 1. The molecular formula is C14H17N3O2. The highest BCUT2D eigenvalue weighted by molar-refractivity contribution is 5.62. The summed E-state index contributed by atoms with van der Waals surface area (Å²) in [5.74, 6) is 2.02. The molecule has 5 heteroatoms. The second-order valence-electron chi connectivity index (χ2n) is 4.01. The van der Waals surface area contributed by atoms with Gasteiger partial charge in [0.15, 0.2) is 17.3 Å². The van der Waals surface area contributed by atoms with Gasteiger partial charge in [-0.1, -0.05) is 0 Å². The van der Waals surface area contributed by atoms with Gasteiger partial charge in [-0.15, -0.1) is 0 Å². The number of benzene rings is 1. The number of aryl methyl sites for hydroxylation is 1. The Balaban J connectivity index is 2.44. The van der Waals surface area contributed by atoms with Crippen molar-refractivity contribution in [2.75, 3.05) is 26.6 Å². The molecule has 1 heterocycles. The van der Waals surface area contributed by atoms with Crippen molar-refractivity contribution in [1.29, 1.82) is 0 Å². The van der Waals surface area contributed by atoms with Gasteiger partial charge in [0.25, 0.3) is 0 Å². The Hall–Kier alpha value is -2.30. The van der Waals surface area contributed by atoms with E-state index < -0.39 is 0 Å². The third-order valence-electron chi connectivity index (χ3n) is 2.89. The van der Waals surface area contributed by atoms with E-state index in [9.17, 15) is 0 Å². The van der Waals surface area contributed by atoms with E-state index in [1.165, 1.54) is 0 Å². The summed E-state index contributed by atoms with van der Waals surface area (Å²) in [5, 5.41) is 3.05. The summed E-state index contributed by atoms with van der Waals surface area (Å²) < 4.78 is 10.5. The zero-order valence-electron chi connectivity index (χ0n) is 11.5. The first-order valence-electron chi connectivity index (χ1n) is 5.93. The van der Waals surface area contributed by atoms with Crippen molar-refractivity contribution in [2.45, 2.75) is 6.92 Å². The van der Waals surface area contributed by atoms with E-state index in [0.29, 0.717) is 17.3 Å². The normalized spacial score (nSPS) is 10.1. The summed E-state index contributed by atoms with van der Waals surface area (Å²) in [5.41, 5.74) is 2.72. The number of rotatable bonds is 4. The van der Waals surface area contributed by atoms with Gasteiger partial charge in [-0.2, -0.15) is 0 Å². The maximum Gasteiger partial charge on any atom is 0.161 e. The molecule has 2 rings (SSSR count). The highest BCUT2D eigenvalue weighted by Crippen LogP contribution is 2.31. The van der Waals surface area contributed by atoms with Crippen LogP contribution < -0.4 is 14.8 Å². The van der Waals surface area contributed by atoms with Crippen LogP contribution in [0.3, 0.4) is 0 Å². The Morgan fingerprint density at radius 1 is 1.11 bits per heavy atom. The van der Waals surface area contributed by atoms with Crippen molar-refractivity contribution in [3.8, 4) is 22.9 Å². The molecule has 0 radical (unpaired) electrons. The zero-order chi connectivity index (χ0) is 13.8. The van der Waals surface area contributed by atoms with Crippen molar-refractivity contribution in [3.63, 3.8) is 0 Å². The summed E-state index contributed by atoms with van der Waals surface area (Å²) >= 11 is 0. The third kappa shape index (κ3) is 2.59. The highest BCUT2D eigenvalue weighted by Gasteiger charge is 2.09. The van der Waals surface area contributed by atoms with Crippen LogP contribution in [-0.4, -0.2) is 31.2 Å². The molecule has 0 bridgehead atoms. The lowest BCUT2D eigenvalue weighted by molar-refractivity contribution is 0.355. The quantitative estimate of drug-likeness (QED) is 0.914. The second kappa shape index (κ2) is 5.56. The minimum absolute atomic E-state index is 0.664. The van der Waals surface area contributed by atoms with Gasteiger partial charge in [-0.3, -0.25) is 0 Å². The van der Waals surface area contributed by atoms with Gasteiger partial charge in [-0.25, -0.2) is 9.97 Å². The van der Waals surface area contributed by atoms with E-state index in [4.69, 9.17) is 9.47 Å². The maximum absolute atomic E-state index is 5.28. The lowest BCUT2D eigenvalue weighted by atomic mass is 10.2. The monoisotopic (exact) mass is 259 g/mol. The van der Waals surface area contributed by atoms with Crippen molar-refractivity contribution >= 4 is 5.69 Å². The number of aromatic nitrogens is 2. The van der Waals surface area contributed by atoms with Crippen LogP contribution in [0, 0.1) is 6.92 Å². The SMILES string of the molecule is CNc1cnc(-c2ccc(OC)c(OC)c2)nc1C. The number of nitrogens with zero attached hydrogens (tertiary/aromatic N) is 2. The molecule has 1 N–H and O–H groups in total. The van der Waals surface area contributed by atoms with Gasteiger partial charge in [0.05, 0.1) is 31.8 Å². The van der Waals surface area contributed by atoms with Gasteiger partial charge >= 0.3 is 0 Å². The molecule has 0 amide bonds. The van der Waals surface area contributed by atoms with Gasteiger partial charge in [0, 0.05) is 12.6 Å². The van der Waals surface area contributed by atoms with Crippen LogP contribution in [0.1, 0.15) is 5.69 Å². The Kier molecular flexibility index (Phi) is 3.85. The van der Waals surface area contributed by atoms with E-state index >= 15 is 0 Å². The standard InChI is InChI=1S/C14H17N3O2/c1-9-11(15-2)8-16-14(17-9)10-5-6-12(18-3)13(7-10)19-4/h5-8,15H,1-4H3. The van der Waals surface area contributed by atoms with Gasteiger partial charge in [-0.05, 0) is 25.1 Å². The van der Waals surface area contributed by atoms with Crippen molar-refractivity contribution in [2.24, 2.45) is 0 Å². The summed E-state index contributed by atoms with van der Waals surface area (Å²) in [7, 11) is 5.07. The number of hydrogen-bond donors (Lipinski definition) is 1. The van der Waals surface area contributed by atoms with Crippen LogP contribution in [0.15, 0.2) is 24.4 Å². The minimum atomic E-state index is 0.664. The first-order chi connectivity index (χ1) is 9.19. The Morgan fingerprint density at radius 2 is 1.84 bits per heavy atom. The predicted molar refractivity (Wildman–Crippen MR) is 74.9 cm³/mol. The Bertz CT molecular complexity index is 585. The van der Waals surface area contributed by atoms with E-state index in [0.717, 1.165) is 16.9 Å². The molecule has 1 aromatic heterocycles. The lowest BCUT2D eigenvalue weighted by Crippen LogP contribution is -1.99. The van der Waals surface area contributed by atoms with E-state index in [-0.39, 0.29) is 0 Å². The topological polar surface area (TPSA) is 56.3 Å². The molecule has 0 aliphatic rings. The largest absolute Gasteiger partial charge is 0.493 e. The maximum atomic E-state index is 5.28. The molecular weight excluding hydrogens is 242 g/mol. The van der Waals surface area contributed by atoms with E-state index in [1.54, 1.807) is 20.4 Å². The molecule has 0 unspecified atom stereocenters. The number of nitrogens with one attached hydrogen (secondary N) is 1. The predicted octanol–water partition coefficient (Wildman–Crippen LogP) is 2.51. The lowest BCUT2D eigenvalue weighted by Gasteiger charge is -2.10. The van der Waals surface area contributed by atoms with Crippen LogP contribution in [0.4, 0.5) is 5.69 Å². The first-order valence-corrected chi connectivity index (χ1v) is 5.93. The molecule has 5 nitrogen and oxygen atoms in total. The molecule has 0 saturated heterocycles. The molecule has 100 valence electrons. The van der Waals surface area contributed by atoms with E-state index in [1.807, 2.05) is 32.2 Å².